The van der Waals surface area contributed by atoms with E-state index in [4.69, 9.17) is 14.2 Å². The van der Waals surface area contributed by atoms with Gasteiger partial charge in [0.2, 0.25) is 11.8 Å². The van der Waals surface area contributed by atoms with E-state index in [2.05, 4.69) is 5.32 Å². The molecule has 2 saturated heterocycles. The molecule has 9 nitrogen and oxygen atoms in total. The first kappa shape index (κ1) is 26.7. The Morgan fingerprint density at radius 3 is 2.43 bits per heavy atom. The van der Waals surface area contributed by atoms with Gasteiger partial charge in [0, 0.05) is 23.2 Å². The number of nitrogens with zero attached hydrogens (tertiary/aromatic N) is 1. The number of hydrogen-bond donors (Lipinski definition) is 1. The number of thioether (sulfide) groups is 1. The molecule has 2 aliphatic heterocycles. The van der Waals surface area contributed by atoms with Crippen LogP contribution in [0.25, 0.3) is 0 Å². The summed E-state index contributed by atoms with van der Waals surface area (Å²) in [5.74, 6) is -2.11. The molecule has 0 spiro atoms. The SMILES string of the molecule is COC(=O)[C@]1(CCSC)N[C@@H](c2ccc(OC)cc2OC)[C@H]2C(=O)N(c3cccc(C(C)=O)c3)C(=O)[C@H]21. The van der Waals surface area contributed by atoms with Crippen LogP contribution in [-0.4, -0.2) is 62.4 Å². The molecular weight excluding hydrogens is 496 g/mol. The van der Waals surface area contributed by atoms with Crippen LogP contribution in [0.5, 0.6) is 11.5 Å². The molecule has 0 saturated carbocycles. The van der Waals surface area contributed by atoms with E-state index in [0.29, 0.717) is 34.1 Å². The highest BCUT2D eigenvalue weighted by Crippen LogP contribution is 2.53. The largest absolute Gasteiger partial charge is 0.497 e. The molecule has 10 heteroatoms. The first-order valence-corrected chi connectivity index (χ1v) is 13.2. The minimum atomic E-state index is -1.43. The highest BCUT2D eigenvalue weighted by atomic mass is 32.2. The number of ketones is 1. The van der Waals surface area contributed by atoms with Crippen LogP contribution >= 0.6 is 11.8 Å². The van der Waals surface area contributed by atoms with Gasteiger partial charge in [0.1, 0.15) is 17.0 Å². The van der Waals surface area contributed by atoms with Crippen molar-refractivity contribution in [3.05, 3.63) is 53.6 Å². The van der Waals surface area contributed by atoms with Gasteiger partial charge in [0.05, 0.1) is 38.9 Å². The second-order valence-electron chi connectivity index (χ2n) is 9.06. The van der Waals surface area contributed by atoms with E-state index >= 15 is 0 Å². The first-order valence-electron chi connectivity index (χ1n) is 11.8. The maximum Gasteiger partial charge on any atom is 0.326 e. The average molecular weight is 527 g/mol. The number of carbonyl (C=O) groups excluding carboxylic acids is 4. The van der Waals surface area contributed by atoms with E-state index < -0.39 is 41.2 Å². The van der Waals surface area contributed by atoms with Crippen LogP contribution < -0.4 is 19.7 Å². The van der Waals surface area contributed by atoms with Gasteiger partial charge in [-0.3, -0.25) is 24.5 Å². The molecule has 2 heterocycles. The molecular formula is C27H30N2O7S. The third-order valence-corrected chi connectivity index (χ3v) is 7.80. The molecule has 4 rings (SSSR count). The number of esters is 1. The third kappa shape index (κ3) is 4.38. The number of amides is 2. The lowest BCUT2D eigenvalue weighted by atomic mass is 9.77. The minimum absolute atomic E-state index is 0.187. The van der Waals surface area contributed by atoms with E-state index in [1.165, 1.54) is 46.1 Å². The van der Waals surface area contributed by atoms with E-state index in [1.807, 2.05) is 6.26 Å². The minimum Gasteiger partial charge on any atom is -0.497 e. The predicted molar refractivity (Wildman–Crippen MR) is 139 cm³/mol. The number of methoxy groups -OCH3 is 3. The Hall–Kier alpha value is -3.37. The number of benzene rings is 2. The molecule has 0 unspecified atom stereocenters. The summed E-state index contributed by atoms with van der Waals surface area (Å²) in [7, 11) is 4.32. The maximum atomic E-state index is 14.0. The van der Waals surface area contributed by atoms with Gasteiger partial charge in [0.25, 0.3) is 0 Å². The molecule has 2 aromatic rings. The third-order valence-electron chi connectivity index (χ3n) is 7.19. The molecule has 0 aliphatic carbocycles. The number of nitrogens with one attached hydrogen (secondary N) is 1. The second kappa shape index (κ2) is 10.5. The molecule has 1 N–H and O–H groups in total. The number of Topliss-reactive ketones (excluding diaryl/α,β-unsaturated/α-hetero) is 1. The molecule has 37 heavy (non-hydrogen) atoms. The van der Waals surface area contributed by atoms with Gasteiger partial charge in [-0.25, -0.2) is 4.90 Å². The van der Waals surface area contributed by atoms with Crippen LogP contribution in [0.2, 0.25) is 0 Å². The fraction of sp³-hybridized carbons (Fsp3) is 0.407. The molecule has 196 valence electrons. The smallest absolute Gasteiger partial charge is 0.326 e. The lowest BCUT2D eigenvalue weighted by Crippen LogP contribution is -2.56. The van der Waals surface area contributed by atoms with Crippen LogP contribution in [0.1, 0.15) is 35.3 Å². The second-order valence-corrected chi connectivity index (χ2v) is 10.0. The van der Waals surface area contributed by atoms with Crippen LogP contribution in [0.4, 0.5) is 5.69 Å². The van der Waals surface area contributed by atoms with Gasteiger partial charge in [-0.05, 0) is 43.6 Å². The van der Waals surface area contributed by atoms with Crippen molar-refractivity contribution in [2.75, 3.05) is 38.2 Å². The molecule has 0 bridgehead atoms. The summed E-state index contributed by atoms with van der Waals surface area (Å²) >= 11 is 1.53. The molecule has 4 atom stereocenters. The van der Waals surface area contributed by atoms with Gasteiger partial charge in [-0.1, -0.05) is 18.2 Å². The number of carbonyl (C=O) groups is 4. The number of hydrogen-bond acceptors (Lipinski definition) is 9. The standard InChI is InChI=1S/C27H30N2O7S/c1-15(30)16-7-6-8-17(13-16)29-24(31)21-22(25(29)32)27(11-12-37-5,26(33)36-4)28-23(21)19-10-9-18(34-2)14-20(19)35-3/h6-10,13-14,21-23,28H,11-12H2,1-5H3/t21-,22-,23-,27+/m0/s1. The van der Waals surface area contributed by atoms with E-state index in [1.54, 1.807) is 36.4 Å². The van der Waals surface area contributed by atoms with Crippen molar-refractivity contribution in [2.24, 2.45) is 11.8 Å². The topological polar surface area (TPSA) is 111 Å². The molecule has 2 amide bonds. The van der Waals surface area contributed by atoms with Crippen molar-refractivity contribution in [3.63, 3.8) is 0 Å². The molecule has 2 aromatic carbocycles. The Bertz CT molecular complexity index is 1250. The van der Waals surface area contributed by atoms with Gasteiger partial charge in [0.15, 0.2) is 5.78 Å². The van der Waals surface area contributed by atoms with Crippen molar-refractivity contribution < 1.29 is 33.4 Å². The summed E-state index contributed by atoms with van der Waals surface area (Å²) in [4.78, 5) is 54.5. The zero-order chi connectivity index (χ0) is 26.9. The fourth-order valence-electron chi connectivity index (χ4n) is 5.43. The monoisotopic (exact) mass is 526 g/mol. The number of rotatable bonds is 9. The Kier molecular flexibility index (Phi) is 7.61. The number of ether oxygens (including phenoxy) is 3. The Labute approximate surface area is 219 Å². The summed E-state index contributed by atoms with van der Waals surface area (Å²) in [6, 6.07) is 10.9. The van der Waals surface area contributed by atoms with Gasteiger partial charge < -0.3 is 14.2 Å². The van der Waals surface area contributed by atoms with Crippen LogP contribution in [0, 0.1) is 11.8 Å². The Morgan fingerprint density at radius 1 is 1.05 bits per heavy atom. The average Bonchev–Trinajstić information content (AvgIpc) is 3.40. The first-order chi connectivity index (χ1) is 17.7. The van der Waals surface area contributed by atoms with E-state index in [-0.39, 0.29) is 12.2 Å². The van der Waals surface area contributed by atoms with Gasteiger partial charge in [-0.2, -0.15) is 11.8 Å². The number of imide groups is 1. The van der Waals surface area contributed by atoms with E-state index in [0.717, 1.165) is 4.90 Å². The van der Waals surface area contributed by atoms with Gasteiger partial charge in [-0.15, -0.1) is 0 Å². The molecule has 0 radical (unpaired) electrons. The van der Waals surface area contributed by atoms with Gasteiger partial charge >= 0.3 is 5.97 Å². The zero-order valence-electron chi connectivity index (χ0n) is 21.4. The number of fused-ring (bicyclic) bond motifs is 1. The molecule has 0 aromatic heterocycles. The van der Waals surface area contributed by atoms with Crippen molar-refractivity contribution >= 4 is 41.0 Å². The fourth-order valence-corrected chi connectivity index (χ4v) is 5.95. The normalized spacial score (nSPS) is 24.7. The van der Waals surface area contributed by atoms with Crippen molar-refractivity contribution in [1.29, 1.82) is 0 Å². The lowest BCUT2D eigenvalue weighted by Gasteiger charge is -2.32. The van der Waals surface area contributed by atoms with Crippen LogP contribution in [0.15, 0.2) is 42.5 Å². The van der Waals surface area contributed by atoms with Crippen molar-refractivity contribution in [1.82, 2.24) is 5.32 Å². The van der Waals surface area contributed by atoms with Crippen LogP contribution in [-0.2, 0) is 19.1 Å². The Balaban J connectivity index is 1.90. The summed E-state index contributed by atoms with van der Waals surface area (Å²) < 4.78 is 16.1. The van der Waals surface area contributed by atoms with E-state index in [9.17, 15) is 19.2 Å². The lowest BCUT2D eigenvalue weighted by molar-refractivity contribution is -0.152. The summed E-state index contributed by atoms with van der Waals surface area (Å²) in [5, 5.41) is 3.35. The van der Waals surface area contributed by atoms with Crippen molar-refractivity contribution in [2.45, 2.75) is 24.9 Å². The highest BCUT2D eigenvalue weighted by molar-refractivity contribution is 7.98. The predicted octanol–water partition coefficient (Wildman–Crippen LogP) is 3.02. The maximum absolute atomic E-state index is 14.0. The highest BCUT2D eigenvalue weighted by Gasteiger charge is 2.69. The molecule has 2 fully saturated rings. The number of anilines is 1. The summed E-state index contributed by atoms with van der Waals surface area (Å²) in [5.41, 5.74) is -0.143. The zero-order valence-corrected chi connectivity index (χ0v) is 22.2. The van der Waals surface area contributed by atoms with Crippen molar-refractivity contribution in [3.8, 4) is 11.5 Å². The quantitative estimate of drug-likeness (QED) is 0.299. The molecule has 2 aliphatic rings. The summed E-state index contributed by atoms with van der Waals surface area (Å²) in [6.45, 7) is 1.42. The Morgan fingerprint density at radius 2 is 1.81 bits per heavy atom. The summed E-state index contributed by atoms with van der Waals surface area (Å²) in [6.07, 6.45) is 2.18. The van der Waals surface area contributed by atoms with Crippen LogP contribution in [0.3, 0.4) is 0 Å².